The highest BCUT2D eigenvalue weighted by Crippen LogP contribution is 2.58. The number of alkyl halides is 3. The van der Waals surface area contributed by atoms with Gasteiger partial charge in [-0.2, -0.15) is 13.2 Å². The molecule has 2 aliphatic rings. The van der Waals surface area contributed by atoms with Gasteiger partial charge in [0.25, 0.3) is 0 Å². The third-order valence-corrected chi connectivity index (χ3v) is 10.7. The Morgan fingerprint density at radius 3 is 1.82 bits per heavy atom. The van der Waals surface area contributed by atoms with Crippen LogP contribution in [0.3, 0.4) is 0 Å². The first-order chi connectivity index (χ1) is 24.6. The molecule has 4 heteroatoms. The molecule has 1 aliphatic carbocycles. The second kappa shape index (κ2) is 11.3. The monoisotopic (exact) mass is 670 g/mol. The zero-order valence-corrected chi connectivity index (χ0v) is 28.1. The van der Waals surface area contributed by atoms with Crippen molar-refractivity contribution in [2.75, 3.05) is 0 Å². The van der Waals surface area contributed by atoms with Gasteiger partial charge in [-0.15, -0.1) is 0 Å². The van der Waals surface area contributed by atoms with Gasteiger partial charge in [0.1, 0.15) is 5.75 Å². The molecule has 248 valence electrons. The van der Waals surface area contributed by atoms with E-state index in [4.69, 9.17) is 4.74 Å². The number of halogens is 3. The largest absolute Gasteiger partial charge is 0.472 e. The second-order valence-electron chi connectivity index (χ2n) is 14.0. The molecule has 0 spiro atoms. The maximum absolute atomic E-state index is 13.9. The zero-order chi connectivity index (χ0) is 35.0. The lowest BCUT2D eigenvalue weighted by Gasteiger charge is -2.38. The molecule has 1 heterocycles. The molecule has 51 heavy (non-hydrogen) atoms. The standard InChI is InChI=1S/C47H33F3O/c1-45(2)41-29-36(47(48,49)50)24-25-39(41)42-37-18-9-10-19-38(37)44-40(43(42)45)26-27-46(51-44,34-16-7-4-8-17-34)35-22-20-31(21-23-35)33-15-11-14-32(28-33)30-12-5-3-6-13-30/h3-29H,1-2H3. The van der Waals surface area contributed by atoms with Crippen molar-refractivity contribution < 1.29 is 17.9 Å². The first-order valence-electron chi connectivity index (χ1n) is 17.2. The van der Waals surface area contributed by atoms with Crippen LogP contribution in [-0.2, 0) is 17.2 Å². The molecule has 1 aliphatic heterocycles. The number of ether oxygens (including phenoxy) is 1. The Bertz CT molecular complexity index is 2490. The van der Waals surface area contributed by atoms with E-state index in [0.717, 1.165) is 66.6 Å². The summed E-state index contributed by atoms with van der Waals surface area (Å²) in [5.41, 5.74) is 8.59. The van der Waals surface area contributed by atoms with Crippen LogP contribution in [0.1, 0.15) is 47.2 Å². The molecule has 0 radical (unpaired) electrons. The van der Waals surface area contributed by atoms with Gasteiger partial charge in [0.15, 0.2) is 5.60 Å². The Labute approximate surface area is 295 Å². The normalized spacial score (nSPS) is 17.0. The van der Waals surface area contributed by atoms with Crippen LogP contribution in [-0.4, -0.2) is 0 Å². The number of hydrogen-bond acceptors (Lipinski definition) is 1. The van der Waals surface area contributed by atoms with E-state index in [1.807, 2.05) is 50.2 Å². The van der Waals surface area contributed by atoms with E-state index in [-0.39, 0.29) is 0 Å². The Balaban J connectivity index is 1.20. The van der Waals surface area contributed by atoms with Crippen LogP contribution in [0.15, 0.2) is 158 Å². The average Bonchev–Trinajstić information content (AvgIpc) is 3.41. The Hall–Kier alpha value is -5.87. The van der Waals surface area contributed by atoms with Crippen molar-refractivity contribution in [2.45, 2.75) is 31.0 Å². The molecule has 1 unspecified atom stereocenters. The summed E-state index contributed by atoms with van der Waals surface area (Å²) in [6.07, 6.45) is -0.183. The predicted octanol–water partition coefficient (Wildman–Crippen LogP) is 12.8. The summed E-state index contributed by atoms with van der Waals surface area (Å²) in [5.74, 6) is 0.729. The quantitative estimate of drug-likeness (QED) is 0.181. The van der Waals surface area contributed by atoms with E-state index in [9.17, 15) is 13.2 Å². The van der Waals surface area contributed by atoms with E-state index in [0.29, 0.717) is 5.56 Å². The highest BCUT2D eigenvalue weighted by Gasteiger charge is 2.45. The number of rotatable bonds is 4. The van der Waals surface area contributed by atoms with Crippen LogP contribution < -0.4 is 4.74 Å². The third-order valence-electron chi connectivity index (χ3n) is 10.7. The fourth-order valence-corrected chi connectivity index (χ4v) is 8.19. The third kappa shape index (κ3) is 4.85. The summed E-state index contributed by atoms with van der Waals surface area (Å²) >= 11 is 0. The fourth-order valence-electron chi connectivity index (χ4n) is 8.19. The van der Waals surface area contributed by atoms with Gasteiger partial charge in [-0.25, -0.2) is 0 Å². The SMILES string of the molecule is CC1(C)c2cc(C(F)(F)F)ccc2-c2c1c1c(c3ccccc23)OC(c2ccccc2)(c2ccc(-c3cccc(-c4ccccc4)c3)cc2)C=C1. The molecule has 7 aromatic carbocycles. The predicted molar refractivity (Wildman–Crippen MR) is 201 cm³/mol. The summed E-state index contributed by atoms with van der Waals surface area (Å²) in [6, 6.07) is 50.0. The van der Waals surface area contributed by atoms with Gasteiger partial charge in [-0.05, 0) is 74.2 Å². The van der Waals surface area contributed by atoms with Crippen molar-refractivity contribution >= 4 is 16.8 Å². The van der Waals surface area contributed by atoms with Crippen molar-refractivity contribution in [3.63, 3.8) is 0 Å². The molecule has 0 amide bonds. The molecular formula is C47H33F3O. The van der Waals surface area contributed by atoms with Crippen LogP contribution in [0.4, 0.5) is 13.2 Å². The number of benzene rings is 7. The molecule has 1 nitrogen and oxygen atoms in total. The highest BCUT2D eigenvalue weighted by atomic mass is 19.4. The molecule has 0 saturated heterocycles. The Morgan fingerprint density at radius 2 is 1.14 bits per heavy atom. The molecular weight excluding hydrogens is 638 g/mol. The van der Waals surface area contributed by atoms with E-state index in [1.54, 1.807) is 6.07 Å². The molecule has 0 bridgehead atoms. The summed E-state index contributed by atoms with van der Waals surface area (Å²) in [6.45, 7) is 4.04. The van der Waals surface area contributed by atoms with Gasteiger partial charge in [0, 0.05) is 27.5 Å². The maximum Gasteiger partial charge on any atom is 0.416 e. The lowest BCUT2D eigenvalue weighted by molar-refractivity contribution is -0.137. The van der Waals surface area contributed by atoms with Crippen LogP contribution in [0.2, 0.25) is 0 Å². The minimum Gasteiger partial charge on any atom is -0.472 e. The summed E-state index contributed by atoms with van der Waals surface area (Å²) in [5, 5.41) is 1.89. The highest BCUT2D eigenvalue weighted by molar-refractivity contribution is 6.08. The zero-order valence-electron chi connectivity index (χ0n) is 28.1. The number of fused-ring (bicyclic) bond motifs is 8. The molecule has 0 N–H and O–H groups in total. The lowest BCUT2D eigenvalue weighted by Crippen LogP contribution is -2.35. The van der Waals surface area contributed by atoms with Crippen molar-refractivity contribution in [3.8, 4) is 39.1 Å². The van der Waals surface area contributed by atoms with Crippen molar-refractivity contribution in [1.29, 1.82) is 0 Å². The molecule has 1 atom stereocenters. The van der Waals surface area contributed by atoms with Crippen LogP contribution in [0.25, 0.3) is 50.2 Å². The van der Waals surface area contributed by atoms with E-state index >= 15 is 0 Å². The lowest BCUT2D eigenvalue weighted by atomic mass is 9.76. The smallest absolute Gasteiger partial charge is 0.416 e. The van der Waals surface area contributed by atoms with Crippen molar-refractivity contribution in [2.24, 2.45) is 0 Å². The maximum atomic E-state index is 13.9. The van der Waals surface area contributed by atoms with Gasteiger partial charge in [-0.1, -0.05) is 153 Å². The van der Waals surface area contributed by atoms with Gasteiger partial charge in [0.05, 0.1) is 5.56 Å². The van der Waals surface area contributed by atoms with Gasteiger partial charge < -0.3 is 4.74 Å². The Kier molecular flexibility index (Phi) is 6.92. The molecule has 0 fully saturated rings. The van der Waals surface area contributed by atoms with E-state index < -0.39 is 22.8 Å². The van der Waals surface area contributed by atoms with E-state index in [1.165, 1.54) is 17.7 Å². The first-order valence-corrected chi connectivity index (χ1v) is 17.2. The second-order valence-corrected chi connectivity index (χ2v) is 14.0. The van der Waals surface area contributed by atoms with Gasteiger partial charge in [0.2, 0.25) is 0 Å². The summed E-state index contributed by atoms with van der Waals surface area (Å²) < 4.78 is 49.2. The van der Waals surface area contributed by atoms with Crippen molar-refractivity contribution in [3.05, 3.63) is 191 Å². The molecule has 9 rings (SSSR count). The number of hydrogen-bond donors (Lipinski definition) is 0. The first kappa shape index (κ1) is 31.1. The van der Waals surface area contributed by atoms with E-state index in [2.05, 4.69) is 109 Å². The van der Waals surface area contributed by atoms with Crippen molar-refractivity contribution in [1.82, 2.24) is 0 Å². The average molecular weight is 671 g/mol. The molecule has 0 aromatic heterocycles. The molecule has 0 saturated carbocycles. The van der Waals surface area contributed by atoms with Crippen LogP contribution >= 0.6 is 0 Å². The Morgan fingerprint density at radius 1 is 0.549 bits per heavy atom. The summed E-state index contributed by atoms with van der Waals surface area (Å²) in [4.78, 5) is 0. The minimum atomic E-state index is -4.43. The van der Waals surface area contributed by atoms with Crippen LogP contribution in [0, 0.1) is 0 Å². The van der Waals surface area contributed by atoms with Gasteiger partial charge >= 0.3 is 6.18 Å². The fraction of sp³-hybridized carbons (Fsp3) is 0.106. The van der Waals surface area contributed by atoms with Crippen LogP contribution in [0.5, 0.6) is 5.75 Å². The summed E-state index contributed by atoms with van der Waals surface area (Å²) in [7, 11) is 0. The van der Waals surface area contributed by atoms with Gasteiger partial charge in [-0.3, -0.25) is 0 Å². The topological polar surface area (TPSA) is 9.23 Å². The minimum absolute atomic E-state index is 0.634. The molecule has 7 aromatic rings.